The molecule has 0 spiro atoms. The Balaban J connectivity index is 2.03. The van der Waals surface area contributed by atoms with Gasteiger partial charge in [-0.05, 0) is 26.2 Å². The number of aryl methyl sites for hydroxylation is 1. The Morgan fingerprint density at radius 2 is 2.04 bits per heavy atom. The summed E-state index contributed by atoms with van der Waals surface area (Å²) in [6.45, 7) is 0.956. The lowest BCUT2D eigenvalue weighted by Crippen LogP contribution is -2.37. The van der Waals surface area contributed by atoms with Gasteiger partial charge < -0.3 is 4.90 Å². The minimum Gasteiger partial charge on any atom is -0.308 e. The topological polar surface area (TPSA) is 54.3 Å². The van der Waals surface area contributed by atoms with Crippen LogP contribution in [0.3, 0.4) is 0 Å². The molecular formula is C16H17F2N5OS. The van der Waals surface area contributed by atoms with E-state index in [1.54, 1.807) is 13.1 Å². The predicted octanol–water partition coefficient (Wildman–Crippen LogP) is 2.52. The molecular weight excluding hydrogens is 348 g/mol. The van der Waals surface area contributed by atoms with Crippen LogP contribution < -0.4 is 4.90 Å². The summed E-state index contributed by atoms with van der Waals surface area (Å²) < 4.78 is 29.2. The number of carbonyl (C=O) groups is 1. The summed E-state index contributed by atoms with van der Waals surface area (Å²) in [5.41, 5.74) is 0.457. The number of fused-ring (bicyclic) bond motifs is 1. The highest BCUT2D eigenvalue weighted by molar-refractivity contribution is 7.22. The zero-order chi connectivity index (χ0) is 18.1. The molecule has 3 rings (SSSR count). The first-order chi connectivity index (χ1) is 11.9. The molecule has 2 aromatic heterocycles. The van der Waals surface area contributed by atoms with Crippen molar-refractivity contribution in [3.8, 4) is 0 Å². The Bertz CT molecular complexity index is 921. The molecule has 1 amide bonds. The van der Waals surface area contributed by atoms with Crippen molar-refractivity contribution in [3.63, 3.8) is 0 Å². The predicted molar refractivity (Wildman–Crippen MR) is 93.0 cm³/mol. The maximum atomic E-state index is 14.0. The molecule has 3 aromatic rings. The lowest BCUT2D eigenvalue weighted by atomic mass is 10.3. The third-order valence-corrected chi connectivity index (χ3v) is 4.71. The molecule has 0 radical (unpaired) electrons. The first-order valence-corrected chi connectivity index (χ1v) is 8.38. The quantitative estimate of drug-likeness (QED) is 0.697. The Morgan fingerprint density at radius 1 is 1.28 bits per heavy atom. The van der Waals surface area contributed by atoms with Crippen LogP contribution in [0.4, 0.5) is 13.9 Å². The van der Waals surface area contributed by atoms with Crippen molar-refractivity contribution in [1.29, 1.82) is 0 Å². The number of carbonyl (C=O) groups excluding carboxylic acids is 1. The molecule has 0 fully saturated rings. The van der Waals surface area contributed by atoms with Crippen LogP contribution in [-0.2, 0) is 7.05 Å². The van der Waals surface area contributed by atoms with Crippen LogP contribution in [0.15, 0.2) is 24.4 Å². The Morgan fingerprint density at radius 3 is 2.68 bits per heavy atom. The average molecular weight is 365 g/mol. The van der Waals surface area contributed by atoms with Crippen molar-refractivity contribution in [2.24, 2.45) is 7.05 Å². The number of benzene rings is 1. The number of anilines is 1. The summed E-state index contributed by atoms with van der Waals surface area (Å²) in [4.78, 5) is 20.5. The van der Waals surface area contributed by atoms with Gasteiger partial charge in [0.2, 0.25) is 0 Å². The van der Waals surface area contributed by atoms with Gasteiger partial charge in [0, 0.05) is 32.4 Å². The van der Waals surface area contributed by atoms with Crippen LogP contribution in [0.5, 0.6) is 0 Å². The molecule has 1 aromatic carbocycles. The molecule has 0 atom stereocenters. The zero-order valence-electron chi connectivity index (χ0n) is 14.0. The molecule has 0 N–H and O–H groups in total. The van der Waals surface area contributed by atoms with Crippen molar-refractivity contribution < 1.29 is 13.6 Å². The van der Waals surface area contributed by atoms with Gasteiger partial charge in [-0.2, -0.15) is 5.10 Å². The smallest absolute Gasteiger partial charge is 0.278 e. The third kappa shape index (κ3) is 3.52. The standard InChI is InChI=1S/C16H17F2N5OS/c1-21(2)6-7-23(15(24)12-4-5-19-22(12)3)16-20-14-11(18)8-10(17)9-13(14)25-16/h4-5,8-9H,6-7H2,1-3H3. The van der Waals surface area contributed by atoms with E-state index in [9.17, 15) is 13.6 Å². The van der Waals surface area contributed by atoms with E-state index in [1.807, 2.05) is 19.0 Å². The van der Waals surface area contributed by atoms with E-state index in [-0.39, 0.29) is 11.4 Å². The highest BCUT2D eigenvalue weighted by atomic mass is 32.1. The lowest BCUT2D eigenvalue weighted by Gasteiger charge is -2.21. The number of halogens is 2. The summed E-state index contributed by atoms with van der Waals surface area (Å²) in [5, 5.41) is 4.34. The van der Waals surface area contributed by atoms with E-state index < -0.39 is 11.6 Å². The summed E-state index contributed by atoms with van der Waals surface area (Å²) in [6.07, 6.45) is 1.53. The highest BCUT2D eigenvalue weighted by Crippen LogP contribution is 2.31. The van der Waals surface area contributed by atoms with E-state index in [2.05, 4.69) is 10.1 Å². The van der Waals surface area contributed by atoms with Gasteiger partial charge in [-0.1, -0.05) is 11.3 Å². The molecule has 0 saturated carbocycles. The number of hydrogen-bond donors (Lipinski definition) is 0. The summed E-state index contributed by atoms with van der Waals surface area (Å²) >= 11 is 1.08. The summed E-state index contributed by atoms with van der Waals surface area (Å²) in [7, 11) is 5.45. The second kappa shape index (κ2) is 6.85. The molecule has 0 saturated heterocycles. The Kier molecular flexibility index (Phi) is 4.78. The lowest BCUT2D eigenvalue weighted by molar-refractivity contribution is 0.0976. The molecule has 0 aliphatic carbocycles. The van der Waals surface area contributed by atoms with Crippen LogP contribution in [0.25, 0.3) is 10.2 Å². The Hall–Kier alpha value is -2.39. The van der Waals surface area contributed by atoms with Gasteiger partial charge in [-0.3, -0.25) is 14.4 Å². The number of likely N-dealkylation sites (N-methyl/N-ethyl adjacent to an activating group) is 1. The average Bonchev–Trinajstić information content (AvgIpc) is 3.13. The maximum absolute atomic E-state index is 14.0. The van der Waals surface area contributed by atoms with Gasteiger partial charge in [-0.15, -0.1) is 0 Å². The van der Waals surface area contributed by atoms with E-state index in [0.29, 0.717) is 28.6 Å². The second-order valence-corrected chi connectivity index (χ2v) is 6.84. The van der Waals surface area contributed by atoms with Gasteiger partial charge in [0.15, 0.2) is 10.9 Å². The van der Waals surface area contributed by atoms with Gasteiger partial charge >= 0.3 is 0 Å². The van der Waals surface area contributed by atoms with Crippen LogP contribution in [0.1, 0.15) is 10.5 Å². The normalized spacial score (nSPS) is 11.4. The molecule has 0 bridgehead atoms. The zero-order valence-corrected chi connectivity index (χ0v) is 14.8. The van der Waals surface area contributed by atoms with Crippen LogP contribution in [0.2, 0.25) is 0 Å². The maximum Gasteiger partial charge on any atom is 0.278 e. The van der Waals surface area contributed by atoms with Crippen LogP contribution >= 0.6 is 11.3 Å². The summed E-state index contributed by atoms with van der Waals surface area (Å²) in [6, 6.07) is 3.62. The SMILES string of the molecule is CN(C)CCN(C(=O)c1ccnn1C)c1nc2c(F)cc(F)cc2s1. The second-order valence-electron chi connectivity index (χ2n) is 5.83. The fourth-order valence-corrected chi connectivity index (χ4v) is 3.40. The number of aromatic nitrogens is 3. The Labute approximate surface area is 147 Å². The fraction of sp³-hybridized carbons (Fsp3) is 0.312. The van der Waals surface area contributed by atoms with Crippen molar-refractivity contribution >= 4 is 32.6 Å². The molecule has 9 heteroatoms. The van der Waals surface area contributed by atoms with Crippen molar-refractivity contribution in [3.05, 3.63) is 41.7 Å². The molecule has 0 aliphatic rings. The first kappa shape index (κ1) is 17.4. The molecule has 6 nitrogen and oxygen atoms in total. The van der Waals surface area contributed by atoms with Gasteiger partial charge in [0.05, 0.1) is 4.70 Å². The molecule has 0 unspecified atom stereocenters. The van der Waals surface area contributed by atoms with Crippen LogP contribution in [-0.4, -0.2) is 52.8 Å². The monoisotopic (exact) mass is 365 g/mol. The first-order valence-electron chi connectivity index (χ1n) is 7.57. The van der Waals surface area contributed by atoms with Gasteiger partial charge in [-0.25, -0.2) is 13.8 Å². The number of thiazole rings is 1. The number of rotatable bonds is 5. The van der Waals surface area contributed by atoms with Crippen molar-refractivity contribution in [2.75, 3.05) is 32.1 Å². The number of hydrogen-bond acceptors (Lipinski definition) is 5. The van der Waals surface area contributed by atoms with E-state index in [0.717, 1.165) is 17.4 Å². The molecule has 0 aliphatic heterocycles. The van der Waals surface area contributed by atoms with Crippen LogP contribution in [0, 0.1) is 11.6 Å². The molecule has 25 heavy (non-hydrogen) atoms. The van der Waals surface area contributed by atoms with E-state index >= 15 is 0 Å². The summed E-state index contributed by atoms with van der Waals surface area (Å²) in [5.74, 6) is -1.70. The minimum absolute atomic E-state index is 0.0639. The largest absolute Gasteiger partial charge is 0.308 e. The van der Waals surface area contributed by atoms with Gasteiger partial charge in [0.25, 0.3) is 5.91 Å². The van der Waals surface area contributed by atoms with Gasteiger partial charge in [0.1, 0.15) is 17.0 Å². The molecule has 2 heterocycles. The van der Waals surface area contributed by atoms with E-state index in [4.69, 9.17) is 0 Å². The van der Waals surface area contributed by atoms with E-state index in [1.165, 1.54) is 21.8 Å². The van der Waals surface area contributed by atoms with Crippen molar-refractivity contribution in [2.45, 2.75) is 0 Å². The minimum atomic E-state index is -0.738. The number of nitrogens with zero attached hydrogens (tertiary/aromatic N) is 5. The van der Waals surface area contributed by atoms with Crippen molar-refractivity contribution in [1.82, 2.24) is 19.7 Å². The molecule has 132 valence electrons. The fourth-order valence-electron chi connectivity index (χ4n) is 2.37. The number of amides is 1. The highest BCUT2D eigenvalue weighted by Gasteiger charge is 2.24. The third-order valence-electron chi connectivity index (χ3n) is 3.69.